The highest BCUT2D eigenvalue weighted by atomic mass is 32.2. The number of hydrogen-bond acceptors (Lipinski definition) is 3. The van der Waals surface area contributed by atoms with Crippen LogP contribution in [0.25, 0.3) is 0 Å². The van der Waals surface area contributed by atoms with Gasteiger partial charge in [-0.15, -0.1) is 11.8 Å². The lowest BCUT2D eigenvalue weighted by Gasteiger charge is -2.34. The van der Waals surface area contributed by atoms with E-state index in [1.54, 1.807) is 0 Å². The highest BCUT2D eigenvalue weighted by Gasteiger charge is 2.26. The zero-order valence-electron chi connectivity index (χ0n) is 10.4. The topological polar surface area (TPSA) is 21.3 Å². The molecule has 0 radical (unpaired) electrons. The summed E-state index contributed by atoms with van der Waals surface area (Å²) in [5.74, 6) is 1.03. The number of hydrogen-bond donors (Lipinski definition) is 1. The van der Waals surface area contributed by atoms with Crippen molar-refractivity contribution in [2.24, 2.45) is 0 Å². The second-order valence-electron chi connectivity index (χ2n) is 4.74. The Kier molecular flexibility index (Phi) is 4.89. The Labute approximate surface area is 108 Å². The minimum atomic E-state index is 0.0511. The molecule has 1 saturated heterocycles. The molecule has 17 heavy (non-hydrogen) atoms. The van der Waals surface area contributed by atoms with Gasteiger partial charge >= 0.3 is 0 Å². The predicted molar refractivity (Wildman–Crippen MR) is 73.6 cm³/mol. The zero-order chi connectivity index (χ0) is 12.0. The first-order valence-corrected chi connectivity index (χ1v) is 7.30. The van der Waals surface area contributed by atoms with E-state index < -0.39 is 0 Å². The molecule has 1 aromatic rings. The Bertz CT molecular complexity index is 322. The smallest absolute Gasteiger partial charge is 0.0779 e. The molecular formula is C14H21NOS. The van der Waals surface area contributed by atoms with Gasteiger partial charge in [-0.05, 0) is 38.4 Å². The van der Waals surface area contributed by atoms with Crippen molar-refractivity contribution in [2.45, 2.75) is 30.3 Å². The molecule has 0 amide bonds. The normalized spacial score (nSPS) is 24.8. The van der Waals surface area contributed by atoms with Crippen molar-refractivity contribution in [1.82, 2.24) is 5.32 Å². The Hall–Kier alpha value is -0.510. The summed E-state index contributed by atoms with van der Waals surface area (Å²) in [4.78, 5) is 1.32. The highest BCUT2D eigenvalue weighted by molar-refractivity contribution is 7.99. The number of ether oxygens (including phenoxy) is 1. The minimum Gasteiger partial charge on any atom is -0.373 e. The van der Waals surface area contributed by atoms with Gasteiger partial charge in [0.15, 0.2) is 0 Å². The molecule has 1 aromatic carbocycles. The fraction of sp³-hybridized carbons (Fsp3) is 0.571. The van der Waals surface area contributed by atoms with Gasteiger partial charge in [0.1, 0.15) is 0 Å². The van der Waals surface area contributed by atoms with E-state index in [2.05, 4.69) is 42.6 Å². The largest absolute Gasteiger partial charge is 0.373 e. The molecule has 0 spiro atoms. The molecule has 0 saturated carbocycles. The van der Waals surface area contributed by atoms with E-state index in [1.165, 1.54) is 17.7 Å². The second kappa shape index (κ2) is 6.43. The monoisotopic (exact) mass is 251 g/mol. The number of nitrogens with one attached hydrogen (secondary N) is 1. The number of rotatable bonds is 5. The van der Waals surface area contributed by atoms with E-state index >= 15 is 0 Å². The van der Waals surface area contributed by atoms with Crippen LogP contribution in [-0.4, -0.2) is 31.1 Å². The first-order chi connectivity index (χ1) is 8.29. The van der Waals surface area contributed by atoms with Gasteiger partial charge in [-0.3, -0.25) is 0 Å². The molecule has 1 unspecified atom stereocenters. The van der Waals surface area contributed by atoms with Crippen LogP contribution in [0, 0.1) is 0 Å². The number of benzene rings is 1. The van der Waals surface area contributed by atoms with Gasteiger partial charge in [0.2, 0.25) is 0 Å². The van der Waals surface area contributed by atoms with Crippen LogP contribution in [0.2, 0.25) is 0 Å². The van der Waals surface area contributed by atoms with Crippen molar-refractivity contribution in [2.75, 3.05) is 25.4 Å². The first kappa shape index (κ1) is 12.9. The summed E-state index contributed by atoms with van der Waals surface area (Å²) in [6.45, 7) is 5.17. The third-order valence-corrected chi connectivity index (χ3v) is 4.08. The average Bonchev–Trinajstić information content (AvgIpc) is 2.37. The molecular weight excluding hydrogens is 230 g/mol. The third kappa shape index (κ3) is 4.34. The lowest BCUT2D eigenvalue weighted by atomic mass is 9.96. The molecule has 1 aliphatic rings. The van der Waals surface area contributed by atoms with Gasteiger partial charge in [0.25, 0.3) is 0 Å². The highest BCUT2D eigenvalue weighted by Crippen LogP contribution is 2.22. The van der Waals surface area contributed by atoms with Gasteiger partial charge in [-0.2, -0.15) is 0 Å². The van der Waals surface area contributed by atoms with Crippen LogP contribution >= 0.6 is 11.8 Å². The molecule has 94 valence electrons. The molecule has 0 bridgehead atoms. The van der Waals surface area contributed by atoms with Crippen LogP contribution in [0.15, 0.2) is 35.2 Å². The molecule has 0 aliphatic carbocycles. The van der Waals surface area contributed by atoms with Crippen LogP contribution < -0.4 is 5.32 Å². The molecule has 1 N–H and O–H groups in total. The zero-order valence-corrected chi connectivity index (χ0v) is 11.3. The van der Waals surface area contributed by atoms with Gasteiger partial charge in [-0.25, -0.2) is 0 Å². The maximum Gasteiger partial charge on any atom is 0.0779 e. The van der Waals surface area contributed by atoms with Crippen LogP contribution in [0.5, 0.6) is 0 Å². The Morgan fingerprint density at radius 2 is 2.18 bits per heavy atom. The summed E-state index contributed by atoms with van der Waals surface area (Å²) < 4.78 is 6.01. The fourth-order valence-corrected chi connectivity index (χ4v) is 2.87. The van der Waals surface area contributed by atoms with Gasteiger partial charge in [0.05, 0.1) is 12.2 Å². The van der Waals surface area contributed by atoms with E-state index in [9.17, 15) is 0 Å². The summed E-state index contributed by atoms with van der Waals surface area (Å²) >= 11 is 1.86. The minimum absolute atomic E-state index is 0.0511. The molecule has 1 heterocycles. The molecule has 2 rings (SSSR count). The first-order valence-electron chi connectivity index (χ1n) is 6.31. The summed E-state index contributed by atoms with van der Waals surface area (Å²) in [6.07, 6.45) is 2.40. The SMILES string of the molecule is CC1(OCCSc2ccccc2)CCCNC1. The maximum atomic E-state index is 6.01. The Morgan fingerprint density at radius 1 is 1.35 bits per heavy atom. The van der Waals surface area contributed by atoms with Crippen molar-refractivity contribution >= 4 is 11.8 Å². The second-order valence-corrected chi connectivity index (χ2v) is 5.91. The Morgan fingerprint density at radius 3 is 2.88 bits per heavy atom. The van der Waals surface area contributed by atoms with Crippen molar-refractivity contribution in [1.29, 1.82) is 0 Å². The van der Waals surface area contributed by atoms with E-state index in [-0.39, 0.29) is 5.60 Å². The van der Waals surface area contributed by atoms with Crippen molar-refractivity contribution < 1.29 is 4.74 Å². The summed E-state index contributed by atoms with van der Waals surface area (Å²) in [5.41, 5.74) is 0.0511. The number of thioether (sulfide) groups is 1. The molecule has 0 aromatic heterocycles. The predicted octanol–water partition coefficient (Wildman–Crippen LogP) is 2.94. The molecule has 2 nitrogen and oxygen atoms in total. The molecule has 1 fully saturated rings. The van der Waals surface area contributed by atoms with Crippen molar-refractivity contribution in [3.8, 4) is 0 Å². The van der Waals surface area contributed by atoms with Crippen LogP contribution in [0.1, 0.15) is 19.8 Å². The van der Waals surface area contributed by atoms with Gasteiger partial charge in [0, 0.05) is 17.2 Å². The van der Waals surface area contributed by atoms with Gasteiger partial charge in [-0.1, -0.05) is 18.2 Å². The summed E-state index contributed by atoms with van der Waals surface area (Å²) in [6, 6.07) is 10.5. The molecule has 1 aliphatic heterocycles. The average molecular weight is 251 g/mol. The lowest BCUT2D eigenvalue weighted by molar-refractivity contribution is -0.0387. The molecule has 1 atom stereocenters. The van der Waals surface area contributed by atoms with Crippen LogP contribution in [0.3, 0.4) is 0 Å². The standard InChI is InChI=1S/C14H21NOS/c1-14(8-5-9-15-12-14)16-10-11-17-13-6-3-2-4-7-13/h2-4,6-7,15H,5,8-12H2,1H3. The molecule has 3 heteroatoms. The fourth-order valence-electron chi connectivity index (χ4n) is 2.12. The van der Waals surface area contributed by atoms with Crippen LogP contribution in [0.4, 0.5) is 0 Å². The summed E-state index contributed by atoms with van der Waals surface area (Å²) in [5, 5.41) is 3.40. The van der Waals surface area contributed by atoms with Crippen LogP contribution in [-0.2, 0) is 4.74 Å². The summed E-state index contributed by atoms with van der Waals surface area (Å²) in [7, 11) is 0. The van der Waals surface area contributed by atoms with Crippen molar-refractivity contribution in [3.05, 3.63) is 30.3 Å². The van der Waals surface area contributed by atoms with Gasteiger partial charge < -0.3 is 10.1 Å². The van der Waals surface area contributed by atoms with E-state index in [1.807, 2.05) is 11.8 Å². The van der Waals surface area contributed by atoms with E-state index in [4.69, 9.17) is 4.74 Å². The van der Waals surface area contributed by atoms with E-state index in [0.717, 1.165) is 25.4 Å². The van der Waals surface area contributed by atoms with E-state index in [0.29, 0.717) is 0 Å². The lowest BCUT2D eigenvalue weighted by Crippen LogP contribution is -2.45. The third-order valence-electron chi connectivity index (χ3n) is 3.10. The Balaban J connectivity index is 1.66. The van der Waals surface area contributed by atoms with Crippen molar-refractivity contribution in [3.63, 3.8) is 0 Å². The quantitative estimate of drug-likeness (QED) is 0.642. The maximum absolute atomic E-state index is 6.01. The number of piperidine rings is 1.